The maximum Gasteiger partial charge on any atom is 1.00 e. The third-order valence-electron chi connectivity index (χ3n) is 3.81. The zero-order valence-corrected chi connectivity index (χ0v) is 19.4. The van der Waals surface area contributed by atoms with Crippen molar-refractivity contribution in [1.82, 2.24) is 0 Å². The van der Waals surface area contributed by atoms with Crippen molar-refractivity contribution < 1.29 is 34.6 Å². The van der Waals surface area contributed by atoms with Crippen LogP contribution in [-0.2, 0) is 0 Å². The molecule has 0 saturated heterocycles. The van der Waals surface area contributed by atoms with Gasteiger partial charge in [0.2, 0.25) is 0 Å². The molecule has 3 nitrogen and oxygen atoms in total. The summed E-state index contributed by atoms with van der Waals surface area (Å²) in [6.07, 6.45) is 0. The van der Waals surface area contributed by atoms with Crippen LogP contribution in [0, 0.1) is 18.8 Å². The van der Waals surface area contributed by atoms with Gasteiger partial charge in [-0.25, -0.2) is 0 Å². The molecule has 0 radical (unpaired) electrons. The molecule has 0 aliphatic carbocycles. The van der Waals surface area contributed by atoms with E-state index in [0.717, 1.165) is 16.6 Å². The van der Waals surface area contributed by atoms with E-state index in [9.17, 15) is 4.79 Å². The van der Waals surface area contributed by atoms with Crippen LogP contribution in [0.3, 0.4) is 0 Å². The van der Waals surface area contributed by atoms with Crippen molar-refractivity contribution in [3.63, 3.8) is 0 Å². The van der Waals surface area contributed by atoms with Gasteiger partial charge < -0.3 is 10.9 Å². The third-order valence-corrected chi connectivity index (χ3v) is 5.28. The van der Waals surface area contributed by atoms with E-state index in [1.807, 2.05) is 37.3 Å². The number of carbonyl (C=O) groups excluding carboxylic acids is 1. The summed E-state index contributed by atoms with van der Waals surface area (Å²) in [5.41, 5.74) is 1.50. The fourth-order valence-corrected chi connectivity index (χ4v) is 3.96. The number of halogens is 1. The zero-order chi connectivity index (χ0) is 20.0. The molecule has 0 aromatic heterocycles. The predicted molar refractivity (Wildman–Crippen MR) is 117 cm³/mol. The first-order valence-corrected chi connectivity index (χ1v) is 10.6. The number of benzene rings is 2. The summed E-state index contributed by atoms with van der Waals surface area (Å²) in [6.45, 7) is 11.5. The fraction of sp³-hybridized carbons (Fsp3) is 0.409. The van der Waals surface area contributed by atoms with Gasteiger partial charge in [0.15, 0.2) is 5.52 Å². The number of aryl methyl sites for hydroxylation is 1. The Kier molecular flexibility index (Phi) is 10.6. The molecule has 0 amide bonds. The molecule has 0 spiro atoms. The van der Waals surface area contributed by atoms with Crippen molar-refractivity contribution in [3.05, 3.63) is 52.5 Å². The van der Waals surface area contributed by atoms with E-state index < -0.39 is 0 Å². The first-order valence-electron chi connectivity index (χ1n) is 9.24. The van der Waals surface area contributed by atoms with Gasteiger partial charge in [-0.2, -0.15) is 0 Å². The van der Waals surface area contributed by atoms with Gasteiger partial charge in [-0.05, 0) is 51.1 Å². The van der Waals surface area contributed by atoms with Crippen LogP contribution >= 0.6 is 20.2 Å². The molecule has 2 rings (SSSR count). The number of hydrogen-bond acceptors (Lipinski definition) is 3. The second kappa shape index (κ2) is 11.9. The predicted octanol–water partition coefficient (Wildman–Crippen LogP) is 2.98. The van der Waals surface area contributed by atoms with Crippen LogP contribution < -0.4 is 33.6 Å². The Hall–Kier alpha value is -0.973. The largest absolute Gasteiger partial charge is 1.00 e. The molecule has 0 heterocycles. The van der Waals surface area contributed by atoms with Crippen molar-refractivity contribution in [2.24, 2.45) is 11.8 Å². The van der Waals surface area contributed by atoms with Crippen molar-refractivity contribution in [3.8, 4) is 11.5 Å². The summed E-state index contributed by atoms with van der Waals surface area (Å²) in [6, 6.07) is 11.2. The van der Waals surface area contributed by atoms with Gasteiger partial charge in [0.05, 0.1) is 18.2 Å². The van der Waals surface area contributed by atoms with Gasteiger partial charge in [-0.1, -0.05) is 51.4 Å². The molecular formula is C22H29ClLiO3P. The second-order valence-corrected chi connectivity index (χ2v) is 9.10. The van der Waals surface area contributed by atoms with Crippen LogP contribution in [0.2, 0.25) is 5.02 Å². The van der Waals surface area contributed by atoms with E-state index in [0.29, 0.717) is 41.4 Å². The summed E-state index contributed by atoms with van der Waals surface area (Å²) in [7, 11) is -0.0594. The van der Waals surface area contributed by atoms with Gasteiger partial charge in [0.1, 0.15) is 11.5 Å². The summed E-state index contributed by atoms with van der Waals surface area (Å²) in [5, 5.41) is 1.37. The minimum Gasteiger partial charge on any atom is -1.00 e. The summed E-state index contributed by atoms with van der Waals surface area (Å²) in [4.78, 5) is 12.9. The van der Waals surface area contributed by atoms with Gasteiger partial charge in [-0.3, -0.25) is 4.79 Å². The molecular weight excluding hydrogens is 386 g/mol. The van der Waals surface area contributed by atoms with Crippen LogP contribution in [0.1, 0.15) is 45.0 Å². The van der Waals surface area contributed by atoms with Gasteiger partial charge >= 0.3 is 18.9 Å². The van der Waals surface area contributed by atoms with Crippen LogP contribution in [0.5, 0.6) is 11.5 Å². The molecule has 2 aromatic rings. The van der Waals surface area contributed by atoms with Crippen molar-refractivity contribution in [2.75, 3.05) is 13.2 Å². The van der Waals surface area contributed by atoms with Crippen LogP contribution in [0.4, 0.5) is 0 Å². The van der Waals surface area contributed by atoms with Crippen LogP contribution in [-0.4, -0.2) is 18.7 Å². The summed E-state index contributed by atoms with van der Waals surface area (Å²) < 4.78 is 11.8. The quantitative estimate of drug-likeness (QED) is 0.467. The Morgan fingerprint density at radius 3 is 2.32 bits per heavy atom. The minimum absolute atomic E-state index is 0. The monoisotopic (exact) mass is 414 g/mol. The Bertz CT molecular complexity index is 779. The molecule has 6 heteroatoms. The molecule has 0 fully saturated rings. The van der Waals surface area contributed by atoms with Gasteiger partial charge in [-0.15, -0.1) is 0 Å². The normalized spacial score (nSPS) is 11.1. The maximum atomic E-state index is 12.9. The summed E-state index contributed by atoms with van der Waals surface area (Å²) >= 11 is 6.26. The third kappa shape index (κ3) is 7.45. The Labute approximate surface area is 189 Å². The van der Waals surface area contributed by atoms with E-state index in [2.05, 4.69) is 27.7 Å². The molecule has 0 aliphatic rings. The zero-order valence-electron chi connectivity index (χ0n) is 18.6. The average molecular weight is 415 g/mol. The molecule has 0 bridgehead atoms. The number of carbonyl (C=O) groups is 1. The number of rotatable bonds is 9. The Morgan fingerprint density at radius 1 is 1.07 bits per heavy atom. The molecule has 0 aliphatic heterocycles. The SMILES string of the molecule is Cc1cccc(Cl)c1C(=O)Pc1ccc(OCC(C)C)cc1OCC(C)C.[H-].[Li+]. The smallest absolute Gasteiger partial charge is 1.00 e. The van der Waals surface area contributed by atoms with E-state index in [1.54, 1.807) is 6.07 Å². The van der Waals surface area contributed by atoms with Crippen LogP contribution in [0.15, 0.2) is 36.4 Å². The molecule has 0 saturated carbocycles. The first kappa shape index (κ1) is 25.1. The molecule has 2 aromatic carbocycles. The topological polar surface area (TPSA) is 35.5 Å². The maximum absolute atomic E-state index is 12.9. The van der Waals surface area contributed by atoms with Gasteiger partial charge in [0.25, 0.3) is 0 Å². The molecule has 0 N–H and O–H groups in total. The Morgan fingerprint density at radius 2 is 1.71 bits per heavy atom. The second-order valence-electron chi connectivity index (χ2n) is 7.45. The van der Waals surface area contributed by atoms with E-state index >= 15 is 0 Å². The molecule has 148 valence electrons. The molecule has 28 heavy (non-hydrogen) atoms. The van der Waals surface area contributed by atoms with E-state index in [4.69, 9.17) is 21.1 Å². The summed E-state index contributed by atoms with van der Waals surface area (Å²) in [5.74, 6) is 2.30. The van der Waals surface area contributed by atoms with Gasteiger partial charge in [0, 0.05) is 16.9 Å². The molecule has 1 unspecified atom stereocenters. The van der Waals surface area contributed by atoms with Crippen molar-refractivity contribution >= 4 is 31.0 Å². The van der Waals surface area contributed by atoms with E-state index in [-0.39, 0.29) is 34.4 Å². The molecule has 1 atom stereocenters. The first-order chi connectivity index (χ1) is 12.8. The van der Waals surface area contributed by atoms with Crippen molar-refractivity contribution in [2.45, 2.75) is 34.6 Å². The van der Waals surface area contributed by atoms with Crippen LogP contribution in [0.25, 0.3) is 0 Å². The fourth-order valence-electron chi connectivity index (χ4n) is 2.44. The average Bonchev–Trinajstić information content (AvgIpc) is 2.59. The Balaban J connectivity index is 0.00000392. The standard InChI is InChI=1S/C22H28ClO3P.Li.H/c1-14(2)12-25-17-9-10-20(19(11-17)26-13-15(3)4)27-22(24)21-16(5)7-6-8-18(21)23;;/h6-11,14-15,27H,12-13H2,1-5H3;;/q;+1;-1. The van der Waals surface area contributed by atoms with E-state index in [1.165, 1.54) is 0 Å². The number of hydrogen-bond donors (Lipinski definition) is 0. The van der Waals surface area contributed by atoms with Crippen molar-refractivity contribution in [1.29, 1.82) is 0 Å². The number of ether oxygens (including phenoxy) is 2. The minimum atomic E-state index is -0.0594.